The van der Waals surface area contributed by atoms with E-state index in [-0.39, 0.29) is 12.5 Å². The number of carboxylic acid groups (broad SMARTS) is 1. The molecule has 0 radical (unpaired) electrons. The standard InChI is InChI=1S/C15H24N2O2/c1-9-6-10(2)14(11(3)7-9)15(17(4)5)12(16)8-13(18)19/h6-7,12,15H,8,16H2,1-5H3,(H,18,19). The van der Waals surface area contributed by atoms with E-state index in [1.165, 1.54) is 5.56 Å². The second kappa shape index (κ2) is 6.17. The molecule has 0 saturated heterocycles. The maximum absolute atomic E-state index is 10.9. The lowest BCUT2D eigenvalue weighted by Crippen LogP contribution is -2.39. The Morgan fingerprint density at radius 2 is 1.74 bits per heavy atom. The number of hydrogen-bond donors (Lipinski definition) is 2. The van der Waals surface area contributed by atoms with Gasteiger partial charge in [-0.2, -0.15) is 0 Å². The van der Waals surface area contributed by atoms with Crippen molar-refractivity contribution in [2.75, 3.05) is 14.1 Å². The van der Waals surface area contributed by atoms with Gasteiger partial charge in [-0.25, -0.2) is 0 Å². The van der Waals surface area contributed by atoms with Crippen molar-refractivity contribution in [3.8, 4) is 0 Å². The zero-order chi connectivity index (χ0) is 14.7. The van der Waals surface area contributed by atoms with Gasteiger partial charge in [0.1, 0.15) is 0 Å². The molecule has 1 aromatic rings. The topological polar surface area (TPSA) is 66.6 Å². The van der Waals surface area contributed by atoms with E-state index >= 15 is 0 Å². The van der Waals surface area contributed by atoms with Crippen LogP contribution >= 0.6 is 0 Å². The van der Waals surface area contributed by atoms with Gasteiger partial charge in [-0.05, 0) is 51.6 Å². The van der Waals surface area contributed by atoms with Crippen LogP contribution in [0.2, 0.25) is 0 Å². The Bertz CT molecular complexity index is 446. The van der Waals surface area contributed by atoms with Crippen molar-refractivity contribution in [1.29, 1.82) is 0 Å². The lowest BCUT2D eigenvalue weighted by atomic mass is 9.88. The molecule has 106 valence electrons. The molecule has 0 aromatic heterocycles. The quantitative estimate of drug-likeness (QED) is 0.854. The van der Waals surface area contributed by atoms with Crippen LogP contribution in [0.4, 0.5) is 0 Å². The highest BCUT2D eigenvalue weighted by molar-refractivity contribution is 5.67. The summed E-state index contributed by atoms with van der Waals surface area (Å²) in [6, 6.07) is 3.72. The largest absolute Gasteiger partial charge is 0.481 e. The number of carbonyl (C=O) groups is 1. The minimum atomic E-state index is -0.859. The van der Waals surface area contributed by atoms with Gasteiger partial charge in [0.2, 0.25) is 0 Å². The van der Waals surface area contributed by atoms with E-state index in [9.17, 15) is 4.79 Å². The number of likely N-dealkylation sites (N-methyl/N-ethyl adjacent to an activating group) is 1. The first-order chi connectivity index (χ1) is 8.73. The molecule has 0 aliphatic rings. The third kappa shape index (κ3) is 3.78. The summed E-state index contributed by atoms with van der Waals surface area (Å²) in [7, 11) is 3.87. The smallest absolute Gasteiger partial charge is 0.304 e. The number of nitrogens with two attached hydrogens (primary N) is 1. The van der Waals surface area contributed by atoms with Gasteiger partial charge in [0.25, 0.3) is 0 Å². The van der Waals surface area contributed by atoms with Gasteiger partial charge in [-0.3, -0.25) is 4.79 Å². The molecule has 2 atom stereocenters. The second-order valence-electron chi connectivity index (χ2n) is 5.48. The number of aryl methyl sites for hydroxylation is 3. The summed E-state index contributed by atoms with van der Waals surface area (Å²) in [4.78, 5) is 12.9. The fourth-order valence-corrected chi connectivity index (χ4v) is 2.83. The van der Waals surface area contributed by atoms with Crippen LogP contribution in [0.1, 0.15) is 34.7 Å². The summed E-state index contributed by atoms with van der Waals surface area (Å²) in [6.07, 6.45) is -0.0321. The monoisotopic (exact) mass is 264 g/mol. The molecule has 1 aromatic carbocycles. The summed E-state index contributed by atoms with van der Waals surface area (Å²) in [6.45, 7) is 6.17. The molecule has 4 heteroatoms. The fraction of sp³-hybridized carbons (Fsp3) is 0.533. The number of rotatable bonds is 5. The fourth-order valence-electron chi connectivity index (χ4n) is 2.83. The molecule has 0 aliphatic carbocycles. The number of aliphatic carboxylic acids is 1. The lowest BCUT2D eigenvalue weighted by Gasteiger charge is -2.32. The summed E-state index contributed by atoms with van der Waals surface area (Å²) >= 11 is 0. The van der Waals surface area contributed by atoms with Gasteiger partial charge in [-0.1, -0.05) is 17.7 Å². The molecule has 4 nitrogen and oxygen atoms in total. The molecule has 0 amide bonds. The number of carboxylic acids is 1. The zero-order valence-electron chi connectivity index (χ0n) is 12.4. The second-order valence-corrected chi connectivity index (χ2v) is 5.48. The molecular formula is C15H24N2O2. The molecular weight excluding hydrogens is 240 g/mol. The molecule has 0 fully saturated rings. The Balaban J connectivity index is 3.23. The van der Waals surface area contributed by atoms with Gasteiger partial charge < -0.3 is 15.7 Å². The first kappa shape index (κ1) is 15.7. The number of nitrogens with zero attached hydrogens (tertiary/aromatic N) is 1. The third-order valence-electron chi connectivity index (χ3n) is 3.41. The van der Waals surface area contributed by atoms with Crippen molar-refractivity contribution >= 4 is 5.97 Å². The van der Waals surface area contributed by atoms with Crippen molar-refractivity contribution < 1.29 is 9.90 Å². The SMILES string of the molecule is Cc1cc(C)c(C(C(N)CC(=O)O)N(C)C)c(C)c1. The molecule has 0 bridgehead atoms. The van der Waals surface area contributed by atoms with E-state index in [0.717, 1.165) is 16.7 Å². The molecule has 3 N–H and O–H groups in total. The zero-order valence-corrected chi connectivity index (χ0v) is 12.4. The van der Waals surface area contributed by atoms with Crippen LogP contribution in [0.15, 0.2) is 12.1 Å². The average Bonchev–Trinajstić information content (AvgIpc) is 2.20. The van der Waals surface area contributed by atoms with Crippen molar-refractivity contribution in [2.24, 2.45) is 5.73 Å². The van der Waals surface area contributed by atoms with Gasteiger partial charge in [-0.15, -0.1) is 0 Å². The molecule has 0 saturated carbocycles. The van der Waals surface area contributed by atoms with E-state index in [2.05, 4.69) is 32.9 Å². The van der Waals surface area contributed by atoms with Crippen molar-refractivity contribution in [2.45, 2.75) is 39.3 Å². The summed E-state index contributed by atoms with van der Waals surface area (Å²) in [5, 5.41) is 8.95. The van der Waals surface area contributed by atoms with Gasteiger partial charge in [0.15, 0.2) is 0 Å². The van der Waals surface area contributed by atoms with Crippen LogP contribution in [-0.4, -0.2) is 36.1 Å². The predicted octanol–water partition coefficient (Wildman–Crippen LogP) is 2.02. The minimum absolute atomic E-state index is 0.0321. The first-order valence-electron chi connectivity index (χ1n) is 6.45. The van der Waals surface area contributed by atoms with Crippen LogP contribution in [0.25, 0.3) is 0 Å². The predicted molar refractivity (Wildman–Crippen MR) is 77.3 cm³/mol. The molecule has 19 heavy (non-hydrogen) atoms. The Hall–Kier alpha value is -1.39. The normalized spacial score (nSPS) is 14.5. The van der Waals surface area contributed by atoms with E-state index in [4.69, 9.17) is 10.8 Å². The highest BCUT2D eigenvalue weighted by atomic mass is 16.4. The highest BCUT2D eigenvalue weighted by Crippen LogP contribution is 2.29. The average molecular weight is 264 g/mol. The molecule has 0 heterocycles. The van der Waals surface area contributed by atoms with E-state index in [0.29, 0.717) is 0 Å². The van der Waals surface area contributed by atoms with E-state index < -0.39 is 12.0 Å². The van der Waals surface area contributed by atoms with Gasteiger partial charge >= 0.3 is 5.97 Å². The molecule has 2 unspecified atom stereocenters. The van der Waals surface area contributed by atoms with Crippen LogP contribution in [-0.2, 0) is 4.79 Å². The van der Waals surface area contributed by atoms with Crippen molar-refractivity contribution in [3.63, 3.8) is 0 Å². The Kier molecular flexibility index (Phi) is 5.09. The van der Waals surface area contributed by atoms with E-state index in [1.54, 1.807) is 0 Å². The van der Waals surface area contributed by atoms with Crippen LogP contribution in [0, 0.1) is 20.8 Å². The summed E-state index contributed by atoms with van der Waals surface area (Å²) in [5.74, 6) is -0.859. The van der Waals surface area contributed by atoms with Crippen LogP contribution in [0.5, 0.6) is 0 Å². The molecule has 0 spiro atoms. The van der Waals surface area contributed by atoms with Crippen LogP contribution in [0.3, 0.4) is 0 Å². The van der Waals surface area contributed by atoms with E-state index in [1.807, 2.05) is 19.0 Å². The Labute approximate surface area is 115 Å². The number of benzene rings is 1. The Morgan fingerprint density at radius 3 is 2.11 bits per heavy atom. The molecule has 0 aliphatic heterocycles. The third-order valence-corrected chi connectivity index (χ3v) is 3.41. The number of hydrogen-bond acceptors (Lipinski definition) is 3. The van der Waals surface area contributed by atoms with Crippen LogP contribution < -0.4 is 5.73 Å². The summed E-state index contributed by atoms with van der Waals surface area (Å²) < 4.78 is 0. The maximum Gasteiger partial charge on any atom is 0.304 e. The highest BCUT2D eigenvalue weighted by Gasteiger charge is 2.26. The maximum atomic E-state index is 10.9. The van der Waals surface area contributed by atoms with Crippen molar-refractivity contribution in [1.82, 2.24) is 4.90 Å². The Morgan fingerprint density at radius 1 is 1.26 bits per heavy atom. The van der Waals surface area contributed by atoms with Gasteiger partial charge in [0.05, 0.1) is 12.5 Å². The first-order valence-corrected chi connectivity index (χ1v) is 6.45. The lowest BCUT2D eigenvalue weighted by molar-refractivity contribution is -0.137. The van der Waals surface area contributed by atoms with Gasteiger partial charge in [0, 0.05) is 6.04 Å². The molecule has 1 rings (SSSR count). The minimum Gasteiger partial charge on any atom is -0.481 e. The summed E-state index contributed by atoms with van der Waals surface area (Å²) in [5.41, 5.74) is 10.8. The van der Waals surface area contributed by atoms with Crippen molar-refractivity contribution in [3.05, 3.63) is 34.4 Å².